The van der Waals surface area contributed by atoms with E-state index in [-0.39, 0.29) is 12.3 Å². The number of rotatable bonds is 2. The molecule has 0 aromatic heterocycles. The van der Waals surface area contributed by atoms with E-state index in [0.717, 1.165) is 11.2 Å². The number of ether oxygens (including phenoxy) is 2. The maximum absolute atomic E-state index is 12.4. The molecule has 25 heavy (non-hydrogen) atoms. The van der Waals surface area contributed by atoms with Crippen molar-refractivity contribution < 1.29 is 29.1 Å². The molecule has 0 spiro atoms. The van der Waals surface area contributed by atoms with Gasteiger partial charge in [-0.15, -0.1) is 5.01 Å². The third kappa shape index (κ3) is 6.65. The molecule has 0 radical (unpaired) electrons. The SMILES string of the molecule is CC(C)(C)OC(=O)NN1CC(/C=N\O)=NN(C(=O)OC(C)(C)C)C1=O. The third-order valence-corrected chi connectivity index (χ3v) is 2.36. The highest BCUT2D eigenvalue weighted by Gasteiger charge is 2.36. The molecule has 1 heterocycles. The van der Waals surface area contributed by atoms with Crippen molar-refractivity contribution in [2.45, 2.75) is 52.7 Å². The van der Waals surface area contributed by atoms with E-state index < -0.39 is 29.4 Å². The van der Waals surface area contributed by atoms with Crippen LogP contribution in [0.2, 0.25) is 0 Å². The van der Waals surface area contributed by atoms with Gasteiger partial charge in [0, 0.05) is 0 Å². The lowest BCUT2D eigenvalue weighted by Crippen LogP contribution is -2.58. The lowest BCUT2D eigenvalue weighted by atomic mass is 10.2. The molecule has 0 aromatic carbocycles. The van der Waals surface area contributed by atoms with Gasteiger partial charge in [0.25, 0.3) is 0 Å². The van der Waals surface area contributed by atoms with Crippen molar-refractivity contribution in [2.75, 3.05) is 6.54 Å². The molecule has 1 rings (SSSR count). The average molecular weight is 357 g/mol. The number of hydrazine groups is 1. The molecule has 0 saturated carbocycles. The Morgan fingerprint density at radius 1 is 1.20 bits per heavy atom. The molecule has 11 nitrogen and oxygen atoms in total. The Bertz CT molecular complexity index is 602. The summed E-state index contributed by atoms with van der Waals surface area (Å²) < 4.78 is 10.1. The normalized spacial score (nSPS) is 15.9. The smallest absolute Gasteiger partial charge is 0.439 e. The first-order valence-electron chi connectivity index (χ1n) is 7.41. The van der Waals surface area contributed by atoms with E-state index in [1.165, 1.54) is 0 Å². The van der Waals surface area contributed by atoms with Gasteiger partial charge in [-0.2, -0.15) is 5.10 Å². The molecule has 0 aromatic rings. The van der Waals surface area contributed by atoms with Crippen LogP contribution in [0.3, 0.4) is 0 Å². The number of amides is 4. The van der Waals surface area contributed by atoms with Gasteiger partial charge in [0.05, 0.1) is 12.8 Å². The van der Waals surface area contributed by atoms with Crippen LogP contribution >= 0.6 is 0 Å². The van der Waals surface area contributed by atoms with Gasteiger partial charge in [0.1, 0.15) is 16.9 Å². The summed E-state index contributed by atoms with van der Waals surface area (Å²) in [5, 5.41) is 16.4. The van der Waals surface area contributed by atoms with E-state index in [9.17, 15) is 14.4 Å². The Morgan fingerprint density at radius 2 is 1.76 bits per heavy atom. The first kappa shape index (κ1) is 20.2. The minimum absolute atomic E-state index is 0.0315. The van der Waals surface area contributed by atoms with Crippen LogP contribution in [0.15, 0.2) is 10.3 Å². The standard InChI is InChI=1S/C14H23N5O6/c1-13(2,3)24-10(20)17-18-8-9(7-15-23)16-19(11(18)21)12(22)25-14(4,5)6/h7,23H,8H2,1-6H3,(H,17,20)/b15-7-. The Kier molecular flexibility index (Phi) is 5.95. The van der Waals surface area contributed by atoms with Gasteiger partial charge in [0.15, 0.2) is 0 Å². The monoisotopic (exact) mass is 357 g/mol. The zero-order valence-corrected chi connectivity index (χ0v) is 15.1. The fraction of sp³-hybridized carbons (Fsp3) is 0.643. The predicted octanol–water partition coefficient (Wildman–Crippen LogP) is 1.91. The highest BCUT2D eigenvalue weighted by molar-refractivity contribution is 6.32. The minimum atomic E-state index is -1.04. The number of oxime groups is 1. The second kappa shape index (κ2) is 7.36. The number of hydrazone groups is 1. The van der Waals surface area contributed by atoms with Crippen LogP contribution in [-0.4, -0.2) is 63.1 Å². The highest BCUT2D eigenvalue weighted by atomic mass is 16.6. The predicted molar refractivity (Wildman–Crippen MR) is 87.3 cm³/mol. The topological polar surface area (TPSA) is 133 Å². The zero-order chi connectivity index (χ0) is 19.4. The lowest BCUT2D eigenvalue weighted by Gasteiger charge is -2.32. The minimum Gasteiger partial charge on any atom is -0.443 e. The molecule has 140 valence electrons. The zero-order valence-electron chi connectivity index (χ0n) is 15.1. The van der Waals surface area contributed by atoms with E-state index in [0.29, 0.717) is 5.01 Å². The van der Waals surface area contributed by atoms with Crippen LogP contribution in [0, 0.1) is 0 Å². The summed E-state index contributed by atoms with van der Waals surface area (Å²) >= 11 is 0. The molecule has 0 aliphatic carbocycles. The van der Waals surface area contributed by atoms with Crippen molar-refractivity contribution in [2.24, 2.45) is 10.3 Å². The van der Waals surface area contributed by atoms with Crippen molar-refractivity contribution in [1.29, 1.82) is 0 Å². The number of imide groups is 1. The van der Waals surface area contributed by atoms with Crippen molar-refractivity contribution in [3.05, 3.63) is 0 Å². The largest absolute Gasteiger partial charge is 0.443 e. The van der Waals surface area contributed by atoms with Crippen LogP contribution in [0.25, 0.3) is 0 Å². The van der Waals surface area contributed by atoms with Gasteiger partial charge >= 0.3 is 18.2 Å². The third-order valence-electron chi connectivity index (χ3n) is 2.36. The molecular formula is C14H23N5O6. The van der Waals surface area contributed by atoms with Crippen LogP contribution < -0.4 is 5.43 Å². The van der Waals surface area contributed by atoms with Gasteiger partial charge in [-0.05, 0) is 41.5 Å². The van der Waals surface area contributed by atoms with Crippen molar-refractivity contribution in [3.8, 4) is 0 Å². The lowest BCUT2D eigenvalue weighted by molar-refractivity contribution is 0.0193. The molecule has 0 atom stereocenters. The molecule has 2 N–H and O–H groups in total. The summed E-state index contributed by atoms with van der Waals surface area (Å²) in [6.07, 6.45) is -1.02. The molecule has 1 aliphatic rings. The summed E-state index contributed by atoms with van der Waals surface area (Å²) in [5.74, 6) is 0. The number of urea groups is 1. The number of hydrogen-bond donors (Lipinski definition) is 2. The van der Waals surface area contributed by atoms with Crippen LogP contribution in [-0.2, 0) is 9.47 Å². The number of nitrogens with one attached hydrogen (secondary N) is 1. The van der Waals surface area contributed by atoms with Crippen LogP contribution in [0.5, 0.6) is 0 Å². The van der Waals surface area contributed by atoms with Crippen molar-refractivity contribution in [1.82, 2.24) is 15.4 Å². The maximum atomic E-state index is 12.4. The molecule has 0 bridgehead atoms. The van der Waals surface area contributed by atoms with E-state index in [1.807, 2.05) is 0 Å². The molecule has 11 heteroatoms. The molecule has 0 unspecified atom stereocenters. The first-order chi connectivity index (χ1) is 11.3. The fourth-order valence-corrected chi connectivity index (χ4v) is 1.60. The molecule has 1 aliphatic heterocycles. The van der Waals surface area contributed by atoms with E-state index in [1.54, 1.807) is 41.5 Å². The number of carbonyl (C=O) groups excluding carboxylic acids is 3. The summed E-state index contributed by atoms with van der Waals surface area (Å²) in [4.78, 5) is 36.4. The Balaban J connectivity index is 2.99. The van der Waals surface area contributed by atoms with Gasteiger partial charge in [-0.25, -0.2) is 24.8 Å². The molecule has 4 amide bonds. The second-order valence-corrected chi connectivity index (χ2v) is 7.11. The van der Waals surface area contributed by atoms with Crippen molar-refractivity contribution >= 4 is 30.1 Å². The quantitative estimate of drug-likeness (QED) is 0.440. The van der Waals surface area contributed by atoms with Crippen molar-refractivity contribution in [3.63, 3.8) is 0 Å². The van der Waals surface area contributed by atoms with Gasteiger partial charge in [0.2, 0.25) is 0 Å². The first-order valence-corrected chi connectivity index (χ1v) is 7.41. The summed E-state index contributed by atoms with van der Waals surface area (Å²) in [6.45, 7) is 9.59. The Labute approximate surface area is 145 Å². The maximum Gasteiger partial charge on any atom is 0.439 e. The number of hydrogen-bond acceptors (Lipinski definition) is 8. The van der Waals surface area contributed by atoms with E-state index in [2.05, 4.69) is 15.7 Å². The molecule has 0 saturated heterocycles. The highest BCUT2D eigenvalue weighted by Crippen LogP contribution is 2.14. The number of carbonyl (C=O) groups is 3. The number of nitrogens with zero attached hydrogens (tertiary/aromatic N) is 4. The van der Waals surface area contributed by atoms with Crippen LogP contribution in [0.1, 0.15) is 41.5 Å². The van der Waals surface area contributed by atoms with Gasteiger partial charge < -0.3 is 14.7 Å². The summed E-state index contributed by atoms with van der Waals surface area (Å²) in [7, 11) is 0. The van der Waals surface area contributed by atoms with E-state index in [4.69, 9.17) is 14.7 Å². The Hall–Kier alpha value is -2.85. The van der Waals surface area contributed by atoms with Gasteiger partial charge in [-0.3, -0.25) is 0 Å². The van der Waals surface area contributed by atoms with E-state index >= 15 is 0 Å². The van der Waals surface area contributed by atoms with Gasteiger partial charge in [-0.1, -0.05) is 5.16 Å². The second-order valence-electron chi connectivity index (χ2n) is 7.11. The van der Waals surface area contributed by atoms with Crippen LogP contribution in [0.4, 0.5) is 14.4 Å². The average Bonchev–Trinajstić information content (AvgIpc) is 2.38. The molecule has 0 fully saturated rings. The Morgan fingerprint density at radius 3 is 2.24 bits per heavy atom. The summed E-state index contributed by atoms with van der Waals surface area (Å²) in [5.41, 5.74) is 0.599. The molecular weight excluding hydrogens is 334 g/mol. The summed E-state index contributed by atoms with van der Waals surface area (Å²) in [6, 6.07) is -0.949. The fourth-order valence-electron chi connectivity index (χ4n) is 1.60.